The number of hydrogen-bond acceptors (Lipinski definition) is 7. The van der Waals surface area contributed by atoms with Crippen molar-refractivity contribution >= 4 is 6.09 Å². The lowest BCUT2D eigenvalue weighted by Crippen LogP contribution is -2.62. The number of alkyl halides is 3. The van der Waals surface area contributed by atoms with E-state index in [0.717, 1.165) is 0 Å². The first-order valence-electron chi connectivity index (χ1n) is 10.1. The van der Waals surface area contributed by atoms with Gasteiger partial charge in [-0.15, -0.1) is 23.4 Å². The summed E-state index contributed by atoms with van der Waals surface area (Å²) in [7, 11) is 0. The number of nitrogens with zero attached hydrogens (tertiary/aromatic N) is 2. The number of amides is 1. The van der Waals surface area contributed by atoms with Crippen molar-refractivity contribution in [3.8, 4) is 0 Å². The van der Waals surface area contributed by atoms with Crippen LogP contribution in [0.2, 0.25) is 0 Å². The maximum absolute atomic E-state index is 12.3. The minimum absolute atomic E-state index is 0.192. The lowest BCUT2D eigenvalue weighted by Gasteiger charge is -2.51. The Morgan fingerprint density at radius 1 is 1.13 bits per heavy atom. The average Bonchev–Trinajstić information content (AvgIpc) is 3.06. The van der Waals surface area contributed by atoms with Gasteiger partial charge in [-0.3, -0.25) is 4.74 Å². The van der Waals surface area contributed by atoms with Gasteiger partial charge in [-0.2, -0.15) is 0 Å². The summed E-state index contributed by atoms with van der Waals surface area (Å²) in [5.74, 6) is 0.428. The fourth-order valence-corrected chi connectivity index (χ4v) is 4.29. The molecule has 0 aromatic carbocycles. The second-order valence-corrected chi connectivity index (χ2v) is 9.49. The summed E-state index contributed by atoms with van der Waals surface area (Å²) in [5.41, 5.74) is -1.78. The molecule has 2 saturated heterocycles. The van der Waals surface area contributed by atoms with Gasteiger partial charge in [0.25, 0.3) is 0 Å². The van der Waals surface area contributed by atoms with Gasteiger partial charge >= 0.3 is 12.5 Å². The monoisotopic (exact) mass is 433 g/mol. The molecule has 1 N–H and O–H groups in total. The molecule has 2 aliphatic carbocycles. The van der Waals surface area contributed by atoms with E-state index < -0.39 is 35.3 Å². The van der Waals surface area contributed by atoms with Crippen LogP contribution in [-0.4, -0.2) is 46.5 Å². The van der Waals surface area contributed by atoms with Crippen molar-refractivity contribution in [1.82, 2.24) is 15.5 Å². The molecule has 0 atom stereocenters. The molecule has 30 heavy (non-hydrogen) atoms. The largest absolute Gasteiger partial charge is 0.522 e. The van der Waals surface area contributed by atoms with E-state index in [-0.39, 0.29) is 18.8 Å². The summed E-state index contributed by atoms with van der Waals surface area (Å²) in [4.78, 5) is 12.2. The van der Waals surface area contributed by atoms with Crippen molar-refractivity contribution in [2.75, 3.05) is 6.61 Å². The standard InChI is InChI=1S/C19H26F3N3O5/c1-16(2,3)30-15(26)23-17-4-6-18(7-5-17,27-10-17)14-25-24-13(28-14)11-8-12(9-11)29-19(20,21)22/h11-12H,4-10H2,1-3H3,(H,23,26)/t11-,12+,17?,18?. The number of aromatic nitrogens is 2. The topological polar surface area (TPSA) is 95.7 Å². The zero-order valence-corrected chi connectivity index (χ0v) is 17.2. The predicted molar refractivity (Wildman–Crippen MR) is 95.4 cm³/mol. The highest BCUT2D eigenvalue weighted by Crippen LogP contribution is 2.50. The van der Waals surface area contributed by atoms with Gasteiger partial charge in [-0.25, -0.2) is 4.79 Å². The first-order chi connectivity index (χ1) is 13.9. The van der Waals surface area contributed by atoms with Gasteiger partial charge in [0.2, 0.25) is 11.8 Å². The molecule has 2 bridgehead atoms. The number of halogens is 3. The SMILES string of the molecule is CC(C)(C)OC(=O)NC12CCC(c3nnc([C@H]4C[C@@H](OC(F)(F)F)C4)o3)(CC1)OC2. The molecule has 4 aliphatic rings. The van der Waals surface area contributed by atoms with Crippen LogP contribution in [0.15, 0.2) is 4.42 Å². The number of rotatable bonds is 4. The number of hydrogen-bond donors (Lipinski definition) is 1. The van der Waals surface area contributed by atoms with Crippen LogP contribution in [0.4, 0.5) is 18.0 Å². The van der Waals surface area contributed by atoms with Crippen molar-refractivity contribution in [3.05, 3.63) is 11.8 Å². The van der Waals surface area contributed by atoms with Crippen molar-refractivity contribution < 1.29 is 36.6 Å². The maximum Gasteiger partial charge on any atom is 0.522 e. The van der Waals surface area contributed by atoms with Crippen molar-refractivity contribution in [1.29, 1.82) is 0 Å². The highest BCUT2D eigenvalue weighted by atomic mass is 19.4. The second-order valence-electron chi connectivity index (χ2n) is 9.49. The van der Waals surface area contributed by atoms with Gasteiger partial charge < -0.3 is 19.2 Å². The first-order valence-corrected chi connectivity index (χ1v) is 10.1. The Balaban J connectivity index is 1.34. The number of ether oxygens (including phenoxy) is 3. The van der Waals surface area contributed by atoms with Crippen LogP contribution in [0.1, 0.15) is 77.0 Å². The third-order valence-electron chi connectivity index (χ3n) is 5.98. The van der Waals surface area contributed by atoms with Crippen LogP contribution in [0.25, 0.3) is 0 Å². The zero-order chi connectivity index (χ0) is 21.8. The van der Waals surface area contributed by atoms with Crippen molar-refractivity contribution in [2.24, 2.45) is 0 Å². The van der Waals surface area contributed by atoms with Crippen LogP contribution < -0.4 is 5.32 Å². The van der Waals surface area contributed by atoms with E-state index in [2.05, 4.69) is 20.3 Å². The van der Waals surface area contributed by atoms with E-state index in [1.165, 1.54) is 0 Å². The number of carbonyl (C=O) groups is 1. The van der Waals surface area contributed by atoms with E-state index in [4.69, 9.17) is 13.9 Å². The summed E-state index contributed by atoms with van der Waals surface area (Å²) < 4.78 is 58.1. The molecule has 1 amide bonds. The molecule has 2 saturated carbocycles. The molecule has 4 fully saturated rings. The summed E-state index contributed by atoms with van der Waals surface area (Å²) in [5, 5.41) is 11.1. The van der Waals surface area contributed by atoms with Crippen LogP contribution in [-0.2, 0) is 19.8 Å². The van der Waals surface area contributed by atoms with E-state index in [1.54, 1.807) is 20.8 Å². The Hall–Kier alpha value is -1.88. The van der Waals surface area contributed by atoms with Gasteiger partial charge in [-0.05, 0) is 59.3 Å². The number of fused-ring (bicyclic) bond motifs is 3. The van der Waals surface area contributed by atoms with Gasteiger partial charge in [0, 0.05) is 5.92 Å². The fourth-order valence-electron chi connectivity index (χ4n) is 4.29. The van der Waals surface area contributed by atoms with Crippen molar-refractivity contribution in [3.63, 3.8) is 0 Å². The van der Waals surface area contributed by atoms with Crippen molar-refractivity contribution in [2.45, 2.75) is 94.4 Å². The van der Waals surface area contributed by atoms with Crippen LogP contribution >= 0.6 is 0 Å². The van der Waals surface area contributed by atoms with Crippen LogP contribution in [0.3, 0.4) is 0 Å². The predicted octanol–water partition coefficient (Wildman–Crippen LogP) is 3.92. The lowest BCUT2D eigenvalue weighted by atomic mass is 9.71. The molecule has 5 rings (SSSR count). The number of alkyl carbamates (subject to hydrolysis) is 1. The summed E-state index contributed by atoms with van der Waals surface area (Å²) in [6.07, 6.45) is -3.06. The molecule has 0 unspecified atom stereocenters. The lowest BCUT2D eigenvalue weighted by molar-refractivity contribution is -0.352. The molecule has 0 spiro atoms. The molecule has 11 heteroatoms. The zero-order valence-electron chi connectivity index (χ0n) is 17.2. The van der Waals surface area contributed by atoms with Gasteiger partial charge in [-0.1, -0.05) is 0 Å². The Morgan fingerprint density at radius 2 is 1.80 bits per heavy atom. The van der Waals surface area contributed by atoms with Gasteiger partial charge in [0.1, 0.15) is 11.2 Å². The third kappa shape index (κ3) is 4.41. The maximum atomic E-state index is 12.3. The summed E-state index contributed by atoms with van der Waals surface area (Å²) in [6.45, 7) is 5.72. The highest BCUT2D eigenvalue weighted by Gasteiger charge is 2.54. The molecule has 1 aromatic heterocycles. The Bertz CT molecular complexity index is 774. The summed E-state index contributed by atoms with van der Waals surface area (Å²) >= 11 is 0. The number of nitrogens with one attached hydrogen (secondary N) is 1. The van der Waals surface area contributed by atoms with E-state index in [1.807, 2.05) is 0 Å². The quantitative estimate of drug-likeness (QED) is 0.769. The van der Waals surface area contributed by atoms with E-state index in [0.29, 0.717) is 44.1 Å². The second kappa shape index (κ2) is 7.08. The van der Waals surface area contributed by atoms with Crippen LogP contribution in [0.5, 0.6) is 0 Å². The van der Waals surface area contributed by atoms with Gasteiger partial charge in [0.15, 0.2) is 0 Å². The Labute approximate surface area is 171 Å². The molecule has 1 aromatic rings. The Morgan fingerprint density at radius 3 is 2.33 bits per heavy atom. The smallest absolute Gasteiger partial charge is 0.444 e. The minimum Gasteiger partial charge on any atom is -0.444 e. The van der Waals surface area contributed by atoms with E-state index >= 15 is 0 Å². The van der Waals surface area contributed by atoms with E-state index in [9.17, 15) is 18.0 Å². The Kier molecular flexibility index (Phi) is 5.04. The first kappa shape index (κ1) is 21.4. The minimum atomic E-state index is -4.63. The molecular weight excluding hydrogens is 407 g/mol. The fraction of sp³-hybridized carbons (Fsp3) is 0.842. The molecule has 8 nitrogen and oxygen atoms in total. The molecule has 2 aliphatic heterocycles. The highest BCUT2D eigenvalue weighted by molar-refractivity contribution is 5.69. The third-order valence-corrected chi connectivity index (χ3v) is 5.98. The molecule has 3 heterocycles. The van der Waals surface area contributed by atoms with Crippen LogP contribution in [0, 0.1) is 0 Å². The molecule has 168 valence electrons. The number of carbonyl (C=O) groups excluding carboxylic acids is 1. The normalized spacial score (nSPS) is 33.8. The summed E-state index contributed by atoms with van der Waals surface area (Å²) in [6, 6.07) is 0. The average molecular weight is 433 g/mol. The molecular formula is C19H26F3N3O5. The van der Waals surface area contributed by atoms with Gasteiger partial charge in [0.05, 0.1) is 18.2 Å². The molecule has 0 radical (unpaired) electrons.